The molecule has 2 aromatic heterocycles. The molecule has 1 saturated carbocycles. The van der Waals surface area contributed by atoms with Gasteiger partial charge in [0.15, 0.2) is 0 Å². The fourth-order valence-electron chi connectivity index (χ4n) is 10.6. The van der Waals surface area contributed by atoms with Crippen LogP contribution in [-0.2, 0) is 25.3 Å². The Morgan fingerprint density at radius 1 is 0.959 bits per heavy atom. The number of anilines is 1. The molecular formula is C53H66F3N9O7S. The van der Waals surface area contributed by atoms with Crippen LogP contribution >= 0.6 is 11.3 Å². The highest BCUT2D eigenvalue weighted by molar-refractivity contribution is 7.13. The van der Waals surface area contributed by atoms with Gasteiger partial charge in [-0.05, 0) is 60.7 Å². The maximum absolute atomic E-state index is 14.1. The minimum Gasteiger partial charge on any atom is -0.489 e. The topological polar surface area (TPSA) is 202 Å². The molecule has 4 amide bonds. The predicted molar refractivity (Wildman–Crippen MR) is 269 cm³/mol. The first kappa shape index (κ1) is 54.6. The number of benzene rings is 2. The first-order valence-electron chi connectivity index (χ1n) is 24.5. The zero-order chi connectivity index (χ0) is 53.2. The number of aliphatic hydroxyl groups excluding tert-OH is 1. The Hall–Kier alpha value is -6.14. The number of hydrogen-bond acceptors (Lipinski definition) is 13. The summed E-state index contributed by atoms with van der Waals surface area (Å²) in [4.78, 5) is 70.3. The quantitative estimate of drug-likeness (QED) is 0.0887. The summed E-state index contributed by atoms with van der Waals surface area (Å²) >= 11 is 1.56. The van der Waals surface area contributed by atoms with Gasteiger partial charge in [0.05, 0.1) is 57.6 Å². The highest BCUT2D eigenvalue weighted by Gasteiger charge is 2.64. The Balaban J connectivity index is 0.836. The number of carbonyl (C=O) groups is 4. The van der Waals surface area contributed by atoms with Crippen molar-refractivity contribution < 1.29 is 46.9 Å². The normalized spacial score (nSPS) is 21.6. The summed E-state index contributed by atoms with van der Waals surface area (Å²) in [7, 11) is 0. The van der Waals surface area contributed by atoms with Crippen LogP contribution in [0.25, 0.3) is 10.4 Å². The number of aliphatic hydroxyl groups is 1. The molecule has 0 spiro atoms. The molecule has 0 bridgehead atoms. The van der Waals surface area contributed by atoms with Gasteiger partial charge in [0.25, 0.3) is 5.91 Å². The summed E-state index contributed by atoms with van der Waals surface area (Å²) in [5.74, 6) is -0.962. The number of halogens is 3. The van der Waals surface area contributed by atoms with Crippen LogP contribution < -0.4 is 25.6 Å². The molecule has 4 atom stereocenters. The van der Waals surface area contributed by atoms with Crippen LogP contribution in [-0.4, -0.2) is 131 Å². The number of hydrogen-bond donors (Lipinski definition) is 4. The van der Waals surface area contributed by atoms with Gasteiger partial charge in [0.2, 0.25) is 17.7 Å². The number of alkyl halides is 3. The van der Waals surface area contributed by atoms with Crippen molar-refractivity contribution in [2.45, 2.75) is 111 Å². The monoisotopic (exact) mass is 1030 g/mol. The second-order valence-corrected chi connectivity index (χ2v) is 22.4. The zero-order valence-electron chi connectivity index (χ0n) is 42.8. The maximum atomic E-state index is 14.1. The number of piperazine rings is 1. The van der Waals surface area contributed by atoms with Crippen molar-refractivity contribution >= 4 is 40.8 Å². The summed E-state index contributed by atoms with van der Waals surface area (Å²) in [5, 5.41) is 28.8. The van der Waals surface area contributed by atoms with Crippen LogP contribution in [0, 0.1) is 34.5 Å². The lowest BCUT2D eigenvalue weighted by Gasteiger charge is -2.63. The van der Waals surface area contributed by atoms with E-state index < -0.39 is 69.7 Å². The first-order chi connectivity index (χ1) is 34.3. The van der Waals surface area contributed by atoms with Crippen molar-refractivity contribution in [3.05, 3.63) is 94.3 Å². The van der Waals surface area contributed by atoms with Gasteiger partial charge in [-0.25, -0.2) is 9.97 Å². The number of pyridine rings is 1. The standard InChI is InChI=1S/C53H66F3N9O7S/c1-31(33-10-12-34(13-11-33)43-32(2)59-30-73-43)60-46(69)40-24-37(66)28-65(40)47(70)44(50(3,4)5)61-42(67)29-71-23-22-63-18-20-64(21-19-63)41-17-15-36(27-58-41)45(68)62-48-51(6,7)49(52(48,8)9)72-38-16-14-35(26-57)39(25-38)53(54,55)56/h10-17,25,27,30-31,37,40,44,48-49,66H,18-24,28-29H2,1-9H3,(H,60,69)(H,61,67)(H,62,68)/t31-,37+,40-,44+,48-,49-/m0/s1. The van der Waals surface area contributed by atoms with Crippen molar-refractivity contribution in [3.63, 3.8) is 0 Å². The Morgan fingerprint density at radius 2 is 1.64 bits per heavy atom. The number of nitriles is 1. The molecule has 392 valence electrons. The number of nitrogens with zero attached hydrogens (tertiary/aromatic N) is 6. The first-order valence-corrected chi connectivity index (χ1v) is 25.4. The summed E-state index contributed by atoms with van der Waals surface area (Å²) in [6.07, 6.45) is -4.57. The van der Waals surface area contributed by atoms with Gasteiger partial charge >= 0.3 is 6.18 Å². The van der Waals surface area contributed by atoms with E-state index in [2.05, 4.69) is 35.7 Å². The largest absolute Gasteiger partial charge is 0.489 e. The van der Waals surface area contributed by atoms with E-state index in [-0.39, 0.29) is 55.8 Å². The second-order valence-electron chi connectivity index (χ2n) is 21.5. The number of carbonyl (C=O) groups excluding carboxylic acids is 4. The van der Waals surface area contributed by atoms with E-state index in [1.807, 2.05) is 86.6 Å². The molecule has 16 nitrogen and oxygen atoms in total. The maximum Gasteiger partial charge on any atom is 0.417 e. The summed E-state index contributed by atoms with van der Waals surface area (Å²) in [6.45, 7) is 20.1. The summed E-state index contributed by atoms with van der Waals surface area (Å²) < 4.78 is 52.8. The molecule has 2 aromatic carbocycles. The third kappa shape index (κ3) is 12.3. The lowest BCUT2D eigenvalue weighted by atomic mass is 9.49. The van der Waals surface area contributed by atoms with Crippen LogP contribution in [0.2, 0.25) is 0 Å². The molecule has 3 aliphatic rings. The van der Waals surface area contributed by atoms with Gasteiger partial charge < -0.3 is 40.3 Å². The number of aromatic nitrogens is 2. The van der Waals surface area contributed by atoms with Gasteiger partial charge in [0.1, 0.15) is 36.4 Å². The van der Waals surface area contributed by atoms with Crippen LogP contribution in [0.1, 0.15) is 101 Å². The van der Waals surface area contributed by atoms with E-state index in [0.29, 0.717) is 44.1 Å². The van der Waals surface area contributed by atoms with Crippen molar-refractivity contribution in [2.75, 3.05) is 57.4 Å². The van der Waals surface area contributed by atoms with Crippen LogP contribution in [0.5, 0.6) is 5.75 Å². The van der Waals surface area contributed by atoms with Gasteiger partial charge in [-0.15, -0.1) is 11.3 Å². The Morgan fingerprint density at radius 3 is 2.23 bits per heavy atom. The van der Waals surface area contributed by atoms with Crippen molar-refractivity contribution in [1.82, 2.24) is 35.7 Å². The van der Waals surface area contributed by atoms with Crippen molar-refractivity contribution in [1.29, 1.82) is 5.26 Å². The lowest BCUT2D eigenvalue weighted by Crippen LogP contribution is -2.74. The third-order valence-electron chi connectivity index (χ3n) is 14.3. The van der Waals surface area contributed by atoms with Crippen LogP contribution in [0.3, 0.4) is 0 Å². The highest BCUT2D eigenvalue weighted by atomic mass is 32.1. The van der Waals surface area contributed by atoms with Crippen LogP contribution in [0.4, 0.5) is 19.0 Å². The molecule has 73 heavy (non-hydrogen) atoms. The number of nitrogens with one attached hydrogen (secondary N) is 3. The predicted octanol–water partition coefficient (Wildman–Crippen LogP) is 6.52. The van der Waals surface area contributed by atoms with Crippen molar-refractivity contribution in [3.8, 4) is 22.3 Å². The molecule has 0 unspecified atom stereocenters. The molecule has 20 heteroatoms. The van der Waals surface area contributed by atoms with E-state index in [9.17, 15) is 42.7 Å². The van der Waals surface area contributed by atoms with Gasteiger partial charge in [0, 0.05) is 68.8 Å². The third-order valence-corrected chi connectivity index (χ3v) is 15.3. The van der Waals surface area contributed by atoms with E-state index in [1.54, 1.807) is 35.0 Å². The van der Waals surface area contributed by atoms with E-state index in [4.69, 9.17) is 9.47 Å². The number of ether oxygens (including phenoxy) is 2. The minimum absolute atomic E-state index is 0.00951. The van der Waals surface area contributed by atoms with Crippen LogP contribution in [0.15, 0.2) is 66.3 Å². The van der Waals surface area contributed by atoms with Crippen molar-refractivity contribution in [2.24, 2.45) is 16.2 Å². The fourth-order valence-corrected chi connectivity index (χ4v) is 11.4. The molecule has 7 rings (SSSR count). The fraction of sp³-hybridized carbons (Fsp3) is 0.528. The van der Waals surface area contributed by atoms with Gasteiger partial charge in [-0.2, -0.15) is 18.4 Å². The molecule has 4 heterocycles. The molecule has 4 aromatic rings. The molecular weight excluding hydrogens is 964 g/mol. The van der Waals surface area contributed by atoms with E-state index >= 15 is 0 Å². The molecule has 3 fully saturated rings. The number of likely N-dealkylation sites (tertiary alicyclic amines) is 1. The molecule has 1 aliphatic carbocycles. The van der Waals surface area contributed by atoms with E-state index in [1.165, 1.54) is 17.2 Å². The lowest BCUT2D eigenvalue weighted by molar-refractivity contribution is -0.164. The molecule has 4 N–H and O–H groups in total. The molecule has 2 saturated heterocycles. The average molecular weight is 1030 g/mol. The Labute approximate surface area is 428 Å². The second kappa shape index (κ2) is 21.8. The molecule has 0 radical (unpaired) electrons. The number of β-amino-alcohol motifs (C(OH)–C–C–N with tert-alkyl or cyclic N) is 1. The number of aryl methyl sites for hydroxylation is 1. The number of rotatable bonds is 16. The Bertz CT molecular complexity index is 2660. The van der Waals surface area contributed by atoms with Gasteiger partial charge in [-0.1, -0.05) is 72.7 Å². The number of amides is 4. The SMILES string of the molecule is Cc1ncsc1-c1ccc([C@H](C)NC(=O)[C@@H]2C[C@@H](O)CN2C(=O)[C@@H](NC(=O)COCCN2CCN(c3ccc(C(=O)N[C@H]4C(C)(C)[C@H](Oc5ccc(C#N)c(C(F)(F)F)c5)C4(C)C)cn3)CC2)C(C)(C)C)cc1. The van der Waals surface area contributed by atoms with E-state index in [0.717, 1.165) is 33.8 Å². The smallest absolute Gasteiger partial charge is 0.417 e. The summed E-state index contributed by atoms with van der Waals surface area (Å²) in [5.41, 5.74) is 1.43. The van der Waals surface area contributed by atoms with Gasteiger partial charge in [-0.3, -0.25) is 24.1 Å². The summed E-state index contributed by atoms with van der Waals surface area (Å²) in [6, 6.07) is 13.6. The number of thiazole rings is 1. The molecule has 2 aliphatic heterocycles. The highest BCUT2D eigenvalue weighted by Crippen LogP contribution is 2.56. The minimum atomic E-state index is -4.72. The Kier molecular flexibility index (Phi) is 16.3. The average Bonchev–Trinajstić information content (AvgIpc) is 3.97. The zero-order valence-corrected chi connectivity index (χ0v) is 43.6.